The van der Waals surface area contributed by atoms with Crippen LogP contribution in [0.5, 0.6) is 0 Å². The fourth-order valence-corrected chi connectivity index (χ4v) is 5.86. The molecule has 0 atom stereocenters. The summed E-state index contributed by atoms with van der Waals surface area (Å²) in [5, 5.41) is 3.54. The van der Waals surface area contributed by atoms with Gasteiger partial charge >= 0.3 is 0 Å². The van der Waals surface area contributed by atoms with Crippen molar-refractivity contribution < 1.29 is 0 Å². The molecule has 206 valence electrons. The van der Waals surface area contributed by atoms with Gasteiger partial charge < -0.3 is 0 Å². The van der Waals surface area contributed by atoms with Crippen molar-refractivity contribution in [3.8, 4) is 56.4 Å². The van der Waals surface area contributed by atoms with Gasteiger partial charge in [-0.05, 0) is 45.2 Å². The largest absolute Gasteiger partial charge is 0.256 e. The quantitative estimate of drug-likeness (QED) is 0.209. The number of hydrogen-bond donors (Lipinski definition) is 0. The van der Waals surface area contributed by atoms with Crippen LogP contribution in [0.2, 0.25) is 0 Å². The van der Waals surface area contributed by atoms with Crippen LogP contribution in [-0.2, 0) is 0 Å². The van der Waals surface area contributed by atoms with Gasteiger partial charge in [0.2, 0.25) is 0 Å². The van der Waals surface area contributed by atoms with E-state index in [0.29, 0.717) is 17.5 Å². The molecular formula is C40H26N4. The Morgan fingerprint density at radius 2 is 0.864 bits per heavy atom. The predicted octanol–water partition coefficient (Wildman–Crippen LogP) is 9.91. The van der Waals surface area contributed by atoms with E-state index in [4.69, 9.17) is 15.0 Å². The maximum Gasteiger partial charge on any atom is 0.164 e. The highest BCUT2D eigenvalue weighted by Gasteiger charge is 2.16. The van der Waals surface area contributed by atoms with Gasteiger partial charge in [0.1, 0.15) is 0 Å². The third kappa shape index (κ3) is 4.69. The third-order valence-corrected chi connectivity index (χ3v) is 8.00. The standard InChI is InChI=1S/C40H26N4/c1-3-12-29(13-4-1)38-42-39(30-14-5-2-6-15-30)44-40(43-38)31-21-19-28(20-22-31)37-32-16-8-7-11-27(32)23-24-35(37)33-25-26-41-36-18-10-9-17-34(33)36/h1-26H. The smallest absolute Gasteiger partial charge is 0.164 e. The molecule has 0 fully saturated rings. The minimum Gasteiger partial charge on any atom is -0.256 e. The van der Waals surface area contributed by atoms with E-state index < -0.39 is 0 Å². The molecule has 0 bridgehead atoms. The van der Waals surface area contributed by atoms with E-state index in [1.54, 1.807) is 0 Å². The second-order valence-corrected chi connectivity index (χ2v) is 10.7. The number of nitrogens with zero attached hydrogens (tertiary/aromatic N) is 4. The minimum atomic E-state index is 0.641. The van der Waals surface area contributed by atoms with Gasteiger partial charge in [0.05, 0.1) is 5.52 Å². The Bertz CT molecular complexity index is 2200. The summed E-state index contributed by atoms with van der Waals surface area (Å²) in [4.78, 5) is 19.3. The first kappa shape index (κ1) is 25.7. The van der Waals surface area contributed by atoms with Gasteiger partial charge in [0.15, 0.2) is 17.5 Å². The summed E-state index contributed by atoms with van der Waals surface area (Å²) in [6.45, 7) is 0. The normalized spacial score (nSPS) is 11.2. The Labute approximate surface area is 255 Å². The van der Waals surface area contributed by atoms with Gasteiger partial charge in [-0.2, -0.15) is 0 Å². The molecular weight excluding hydrogens is 536 g/mol. The van der Waals surface area contributed by atoms with Gasteiger partial charge in [0.25, 0.3) is 0 Å². The Balaban J connectivity index is 1.29. The number of para-hydroxylation sites is 1. The first-order chi connectivity index (χ1) is 21.8. The molecule has 0 aliphatic carbocycles. The average molecular weight is 563 g/mol. The lowest BCUT2D eigenvalue weighted by Gasteiger charge is -2.16. The molecule has 0 aliphatic rings. The lowest BCUT2D eigenvalue weighted by molar-refractivity contribution is 1.07. The van der Waals surface area contributed by atoms with Crippen LogP contribution in [-0.4, -0.2) is 19.9 Å². The van der Waals surface area contributed by atoms with Crippen molar-refractivity contribution in [1.82, 2.24) is 19.9 Å². The number of aromatic nitrogens is 4. The maximum absolute atomic E-state index is 4.92. The lowest BCUT2D eigenvalue weighted by atomic mass is 9.88. The van der Waals surface area contributed by atoms with Crippen LogP contribution < -0.4 is 0 Å². The zero-order valence-corrected chi connectivity index (χ0v) is 23.8. The van der Waals surface area contributed by atoms with Crippen LogP contribution >= 0.6 is 0 Å². The molecule has 8 rings (SSSR count). The third-order valence-electron chi connectivity index (χ3n) is 8.00. The van der Waals surface area contributed by atoms with Crippen LogP contribution in [0.3, 0.4) is 0 Å². The summed E-state index contributed by atoms with van der Waals surface area (Å²) in [5.74, 6) is 1.95. The van der Waals surface area contributed by atoms with Crippen LogP contribution in [0.1, 0.15) is 0 Å². The van der Waals surface area contributed by atoms with E-state index in [2.05, 4.69) is 89.9 Å². The SMILES string of the molecule is c1ccc(-c2nc(-c3ccccc3)nc(-c3ccc(-c4c(-c5ccnc6ccccc56)ccc5ccccc45)cc3)n2)cc1. The van der Waals surface area contributed by atoms with Gasteiger partial charge in [-0.1, -0.05) is 140 Å². The summed E-state index contributed by atoms with van der Waals surface area (Å²) in [6, 6.07) is 52.2. The highest BCUT2D eigenvalue weighted by Crippen LogP contribution is 2.41. The van der Waals surface area contributed by atoms with Crippen molar-refractivity contribution in [1.29, 1.82) is 0 Å². The van der Waals surface area contributed by atoms with E-state index in [1.807, 2.05) is 72.9 Å². The summed E-state index contributed by atoms with van der Waals surface area (Å²) >= 11 is 0. The maximum atomic E-state index is 4.92. The van der Waals surface area contributed by atoms with E-state index in [1.165, 1.54) is 21.9 Å². The predicted molar refractivity (Wildman–Crippen MR) is 180 cm³/mol. The van der Waals surface area contributed by atoms with Crippen molar-refractivity contribution in [2.24, 2.45) is 0 Å². The Hall–Kier alpha value is -6.00. The number of rotatable bonds is 5. The van der Waals surface area contributed by atoms with Crippen molar-refractivity contribution in [3.63, 3.8) is 0 Å². The topological polar surface area (TPSA) is 51.6 Å². The minimum absolute atomic E-state index is 0.641. The zero-order chi connectivity index (χ0) is 29.3. The fourth-order valence-electron chi connectivity index (χ4n) is 5.86. The molecule has 0 spiro atoms. The molecule has 0 radical (unpaired) electrons. The summed E-state index contributed by atoms with van der Waals surface area (Å²) in [6.07, 6.45) is 1.90. The van der Waals surface area contributed by atoms with E-state index in [9.17, 15) is 0 Å². The molecule has 8 aromatic rings. The highest BCUT2D eigenvalue weighted by atomic mass is 15.0. The summed E-state index contributed by atoms with van der Waals surface area (Å²) < 4.78 is 0. The van der Waals surface area contributed by atoms with Crippen LogP contribution in [0.25, 0.3) is 78.1 Å². The molecule has 0 amide bonds. The van der Waals surface area contributed by atoms with E-state index in [-0.39, 0.29) is 0 Å². The molecule has 4 heteroatoms. The van der Waals surface area contributed by atoms with Gasteiger partial charge in [-0.15, -0.1) is 0 Å². The number of benzene rings is 6. The Morgan fingerprint density at radius 3 is 1.52 bits per heavy atom. The van der Waals surface area contributed by atoms with Gasteiger partial charge in [-0.3, -0.25) is 4.98 Å². The van der Waals surface area contributed by atoms with Crippen LogP contribution in [0.15, 0.2) is 158 Å². The molecule has 2 aromatic heterocycles. The lowest BCUT2D eigenvalue weighted by Crippen LogP contribution is -2.00. The zero-order valence-electron chi connectivity index (χ0n) is 23.8. The van der Waals surface area contributed by atoms with Gasteiger partial charge in [-0.25, -0.2) is 15.0 Å². The molecule has 0 aliphatic heterocycles. The molecule has 4 nitrogen and oxygen atoms in total. The van der Waals surface area contributed by atoms with E-state index >= 15 is 0 Å². The first-order valence-corrected chi connectivity index (χ1v) is 14.7. The van der Waals surface area contributed by atoms with Crippen molar-refractivity contribution in [2.45, 2.75) is 0 Å². The highest BCUT2D eigenvalue weighted by molar-refractivity contribution is 6.08. The molecule has 44 heavy (non-hydrogen) atoms. The number of pyridine rings is 1. The number of fused-ring (bicyclic) bond motifs is 2. The molecule has 2 heterocycles. The fraction of sp³-hybridized carbons (Fsp3) is 0. The molecule has 6 aromatic carbocycles. The summed E-state index contributed by atoms with van der Waals surface area (Å²) in [5.41, 5.74) is 8.48. The Kier molecular flexibility index (Phi) is 6.43. The van der Waals surface area contributed by atoms with Gasteiger partial charge in [0, 0.05) is 28.3 Å². The first-order valence-electron chi connectivity index (χ1n) is 14.7. The molecule has 0 unspecified atom stereocenters. The molecule has 0 saturated heterocycles. The number of hydrogen-bond acceptors (Lipinski definition) is 4. The van der Waals surface area contributed by atoms with E-state index in [0.717, 1.165) is 38.7 Å². The monoisotopic (exact) mass is 562 g/mol. The molecule has 0 N–H and O–H groups in total. The van der Waals surface area contributed by atoms with Crippen LogP contribution in [0, 0.1) is 0 Å². The average Bonchev–Trinajstić information content (AvgIpc) is 3.11. The second kappa shape index (κ2) is 11.0. The molecule has 0 saturated carbocycles. The summed E-state index contributed by atoms with van der Waals surface area (Å²) in [7, 11) is 0. The Morgan fingerprint density at radius 1 is 0.341 bits per heavy atom. The van der Waals surface area contributed by atoms with Crippen molar-refractivity contribution >= 4 is 21.7 Å². The second-order valence-electron chi connectivity index (χ2n) is 10.7. The van der Waals surface area contributed by atoms with Crippen molar-refractivity contribution in [3.05, 3.63) is 158 Å². The van der Waals surface area contributed by atoms with Crippen LogP contribution in [0.4, 0.5) is 0 Å². The van der Waals surface area contributed by atoms with Crippen molar-refractivity contribution in [2.75, 3.05) is 0 Å².